The third kappa shape index (κ3) is 3.09. The lowest BCUT2D eigenvalue weighted by molar-refractivity contribution is 0.442. The monoisotopic (exact) mass is 309 g/mol. The summed E-state index contributed by atoms with van der Waals surface area (Å²) in [5.41, 5.74) is 6.62. The minimum atomic E-state index is -0.375. The van der Waals surface area contributed by atoms with Gasteiger partial charge in [-0.2, -0.15) is 0 Å². The Balaban J connectivity index is 2.20. The van der Waals surface area contributed by atoms with Gasteiger partial charge in [0.25, 0.3) is 0 Å². The first-order valence-corrected chi connectivity index (χ1v) is 6.41. The fourth-order valence-corrected chi connectivity index (χ4v) is 2.16. The zero-order valence-corrected chi connectivity index (χ0v) is 11.3. The van der Waals surface area contributed by atoms with Gasteiger partial charge in [-0.15, -0.1) is 0 Å². The van der Waals surface area contributed by atoms with E-state index in [4.69, 9.17) is 10.5 Å². The van der Waals surface area contributed by atoms with Gasteiger partial charge in [0.15, 0.2) is 11.6 Å². The summed E-state index contributed by atoms with van der Waals surface area (Å²) < 4.78 is 19.8. The van der Waals surface area contributed by atoms with E-state index in [1.165, 1.54) is 6.07 Å². The standard InChI is InChI=1S/C14H13BrFNO/c15-12-9-11(6-5-10(12)7-8-17)18-14-4-2-1-3-13(14)16/h1-6,9H,7-8,17H2. The van der Waals surface area contributed by atoms with E-state index in [2.05, 4.69) is 15.9 Å². The van der Waals surface area contributed by atoms with Gasteiger partial charge in [-0.3, -0.25) is 0 Å². The average Bonchev–Trinajstić information content (AvgIpc) is 2.36. The van der Waals surface area contributed by atoms with Crippen LogP contribution in [0.5, 0.6) is 11.5 Å². The molecule has 2 rings (SSSR count). The molecule has 0 aliphatic rings. The van der Waals surface area contributed by atoms with Gasteiger partial charge >= 0.3 is 0 Å². The SMILES string of the molecule is NCCc1ccc(Oc2ccccc2F)cc1Br. The molecular formula is C14H13BrFNO. The Hall–Kier alpha value is -1.39. The van der Waals surface area contributed by atoms with Crippen molar-refractivity contribution in [3.63, 3.8) is 0 Å². The van der Waals surface area contributed by atoms with E-state index < -0.39 is 0 Å². The summed E-state index contributed by atoms with van der Waals surface area (Å²) >= 11 is 3.45. The van der Waals surface area contributed by atoms with Gasteiger partial charge in [0.2, 0.25) is 0 Å². The van der Waals surface area contributed by atoms with Crippen molar-refractivity contribution in [1.82, 2.24) is 0 Å². The molecule has 0 amide bonds. The fraction of sp³-hybridized carbons (Fsp3) is 0.143. The van der Waals surface area contributed by atoms with E-state index in [0.717, 1.165) is 16.5 Å². The lowest BCUT2D eigenvalue weighted by atomic mass is 10.1. The zero-order valence-electron chi connectivity index (χ0n) is 9.70. The molecule has 4 heteroatoms. The molecule has 0 fully saturated rings. The van der Waals surface area contributed by atoms with Gasteiger partial charge in [-0.25, -0.2) is 4.39 Å². The summed E-state index contributed by atoms with van der Waals surface area (Å²) in [6.07, 6.45) is 0.792. The molecule has 0 bridgehead atoms. The molecule has 0 heterocycles. The minimum absolute atomic E-state index is 0.218. The highest BCUT2D eigenvalue weighted by Gasteiger charge is 2.05. The van der Waals surface area contributed by atoms with Gasteiger partial charge in [-0.05, 0) is 42.8 Å². The largest absolute Gasteiger partial charge is 0.454 e. The Bertz CT molecular complexity index is 545. The number of hydrogen-bond acceptors (Lipinski definition) is 2. The number of halogens is 2. The Morgan fingerprint density at radius 1 is 1.17 bits per heavy atom. The molecule has 0 aliphatic carbocycles. The van der Waals surface area contributed by atoms with Crippen LogP contribution >= 0.6 is 15.9 Å². The minimum Gasteiger partial charge on any atom is -0.454 e. The molecule has 0 saturated heterocycles. The normalized spacial score (nSPS) is 10.4. The molecule has 18 heavy (non-hydrogen) atoms. The zero-order chi connectivity index (χ0) is 13.0. The van der Waals surface area contributed by atoms with Crippen molar-refractivity contribution < 1.29 is 9.13 Å². The van der Waals surface area contributed by atoms with Gasteiger partial charge in [-0.1, -0.05) is 34.1 Å². The summed E-state index contributed by atoms with van der Waals surface area (Å²) in [6, 6.07) is 11.9. The van der Waals surface area contributed by atoms with Crippen LogP contribution in [0.4, 0.5) is 4.39 Å². The van der Waals surface area contributed by atoms with E-state index in [1.807, 2.05) is 18.2 Å². The quantitative estimate of drug-likeness (QED) is 0.930. The van der Waals surface area contributed by atoms with Gasteiger partial charge in [0.05, 0.1) is 0 Å². The maximum absolute atomic E-state index is 13.4. The third-order valence-corrected chi connectivity index (χ3v) is 3.24. The Morgan fingerprint density at radius 2 is 1.94 bits per heavy atom. The highest BCUT2D eigenvalue weighted by molar-refractivity contribution is 9.10. The van der Waals surface area contributed by atoms with Crippen molar-refractivity contribution in [2.45, 2.75) is 6.42 Å². The number of rotatable bonds is 4. The number of nitrogens with two attached hydrogens (primary N) is 1. The second kappa shape index (κ2) is 5.98. The lowest BCUT2D eigenvalue weighted by Gasteiger charge is -2.09. The number of benzene rings is 2. The fourth-order valence-electron chi connectivity index (χ4n) is 1.60. The van der Waals surface area contributed by atoms with Crippen LogP contribution < -0.4 is 10.5 Å². The molecule has 2 nitrogen and oxygen atoms in total. The molecule has 0 aromatic heterocycles. The molecule has 2 aromatic carbocycles. The molecule has 94 valence electrons. The van der Waals surface area contributed by atoms with E-state index >= 15 is 0 Å². The summed E-state index contributed by atoms with van der Waals surface area (Å²) in [5, 5.41) is 0. The predicted molar refractivity (Wildman–Crippen MR) is 73.4 cm³/mol. The Labute approximate surface area is 114 Å². The maximum atomic E-state index is 13.4. The van der Waals surface area contributed by atoms with Gasteiger partial charge in [0.1, 0.15) is 5.75 Å². The summed E-state index contributed by atoms with van der Waals surface area (Å²) in [6.45, 7) is 0.589. The van der Waals surface area contributed by atoms with Crippen molar-refractivity contribution in [1.29, 1.82) is 0 Å². The topological polar surface area (TPSA) is 35.2 Å². The smallest absolute Gasteiger partial charge is 0.165 e. The van der Waals surface area contributed by atoms with Crippen molar-refractivity contribution in [2.24, 2.45) is 5.73 Å². The molecule has 0 saturated carbocycles. The summed E-state index contributed by atoms with van der Waals surface area (Å²) in [7, 11) is 0. The van der Waals surface area contributed by atoms with Crippen LogP contribution in [0.1, 0.15) is 5.56 Å². The number of hydrogen-bond donors (Lipinski definition) is 1. The van der Waals surface area contributed by atoms with Crippen LogP contribution in [-0.4, -0.2) is 6.54 Å². The average molecular weight is 310 g/mol. The highest BCUT2D eigenvalue weighted by atomic mass is 79.9. The molecule has 0 atom stereocenters. The maximum Gasteiger partial charge on any atom is 0.165 e. The van der Waals surface area contributed by atoms with Crippen LogP contribution in [0.25, 0.3) is 0 Å². The second-order valence-corrected chi connectivity index (χ2v) is 4.68. The van der Waals surface area contributed by atoms with E-state index in [0.29, 0.717) is 12.3 Å². The van der Waals surface area contributed by atoms with Crippen LogP contribution in [0.2, 0.25) is 0 Å². The molecule has 0 unspecified atom stereocenters. The first-order valence-electron chi connectivity index (χ1n) is 5.61. The first kappa shape index (κ1) is 13.1. The predicted octanol–water partition coefficient (Wildman–Crippen LogP) is 3.88. The molecule has 0 aliphatic heterocycles. The van der Waals surface area contributed by atoms with Crippen LogP contribution in [0, 0.1) is 5.82 Å². The Kier molecular flexibility index (Phi) is 4.33. The third-order valence-electron chi connectivity index (χ3n) is 2.50. The molecule has 2 aromatic rings. The van der Waals surface area contributed by atoms with Crippen LogP contribution in [0.15, 0.2) is 46.9 Å². The van der Waals surface area contributed by atoms with Crippen molar-refractivity contribution in [3.8, 4) is 11.5 Å². The van der Waals surface area contributed by atoms with E-state index in [1.54, 1.807) is 18.2 Å². The first-order chi connectivity index (χ1) is 8.70. The number of para-hydroxylation sites is 1. The van der Waals surface area contributed by atoms with Crippen molar-refractivity contribution in [3.05, 3.63) is 58.3 Å². The van der Waals surface area contributed by atoms with E-state index in [9.17, 15) is 4.39 Å². The summed E-state index contributed by atoms with van der Waals surface area (Å²) in [4.78, 5) is 0. The molecule has 0 radical (unpaired) electrons. The van der Waals surface area contributed by atoms with Crippen LogP contribution in [0.3, 0.4) is 0 Å². The molecule has 2 N–H and O–H groups in total. The van der Waals surface area contributed by atoms with Crippen LogP contribution in [-0.2, 0) is 6.42 Å². The highest BCUT2D eigenvalue weighted by Crippen LogP contribution is 2.28. The molecular weight excluding hydrogens is 297 g/mol. The van der Waals surface area contributed by atoms with Gasteiger partial charge in [0, 0.05) is 4.47 Å². The summed E-state index contributed by atoms with van der Waals surface area (Å²) in [5.74, 6) is 0.434. The van der Waals surface area contributed by atoms with Crippen molar-refractivity contribution >= 4 is 15.9 Å². The molecule has 0 spiro atoms. The lowest BCUT2D eigenvalue weighted by Crippen LogP contribution is -2.03. The van der Waals surface area contributed by atoms with Gasteiger partial charge < -0.3 is 10.5 Å². The Morgan fingerprint density at radius 3 is 2.61 bits per heavy atom. The number of ether oxygens (including phenoxy) is 1. The van der Waals surface area contributed by atoms with E-state index in [-0.39, 0.29) is 11.6 Å². The second-order valence-electron chi connectivity index (χ2n) is 3.82. The van der Waals surface area contributed by atoms with Crippen molar-refractivity contribution in [2.75, 3.05) is 6.54 Å².